The average molecular weight is 233 g/mol. The fourth-order valence-electron chi connectivity index (χ4n) is 2.90. The second kappa shape index (κ2) is 3.39. The van der Waals surface area contributed by atoms with Gasteiger partial charge in [-0.1, -0.05) is 0 Å². The Labute approximate surface area is 102 Å². The molecule has 3 rings (SSSR count). The van der Waals surface area contributed by atoms with Gasteiger partial charge < -0.3 is 15.2 Å². The molecule has 2 saturated carbocycles. The van der Waals surface area contributed by atoms with E-state index in [0.717, 1.165) is 24.3 Å². The monoisotopic (exact) mass is 233 g/mol. The molecule has 2 N–H and O–H groups in total. The zero-order valence-electron chi connectivity index (χ0n) is 10.5. The number of benzene rings is 1. The first-order valence-corrected chi connectivity index (χ1v) is 6.16. The second-order valence-corrected chi connectivity index (χ2v) is 5.34. The lowest BCUT2D eigenvalue weighted by molar-refractivity contribution is 0.390. The van der Waals surface area contributed by atoms with Crippen LogP contribution >= 0.6 is 0 Å². The quantitative estimate of drug-likeness (QED) is 0.867. The molecule has 2 aliphatic carbocycles. The van der Waals surface area contributed by atoms with E-state index in [9.17, 15) is 0 Å². The molecule has 0 aromatic heterocycles. The van der Waals surface area contributed by atoms with Crippen LogP contribution in [0.1, 0.15) is 31.2 Å². The van der Waals surface area contributed by atoms with E-state index in [1.165, 1.54) is 18.4 Å². The molecular weight excluding hydrogens is 214 g/mol. The third-order valence-corrected chi connectivity index (χ3v) is 4.40. The minimum absolute atomic E-state index is 0.0321. The number of hydrogen-bond donors (Lipinski definition) is 1. The molecule has 0 unspecified atom stereocenters. The number of hydrogen-bond acceptors (Lipinski definition) is 3. The van der Waals surface area contributed by atoms with Crippen molar-refractivity contribution in [3.8, 4) is 11.5 Å². The third kappa shape index (κ3) is 1.53. The van der Waals surface area contributed by atoms with E-state index in [1.807, 2.05) is 6.07 Å². The van der Waals surface area contributed by atoms with E-state index < -0.39 is 0 Å². The molecule has 0 saturated heterocycles. The Morgan fingerprint density at radius 3 is 1.82 bits per heavy atom. The van der Waals surface area contributed by atoms with Gasteiger partial charge in [0.1, 0.15) is 11.5 Å². The van der Waals surface area contributed by atoms with Gasteiger partial charge in [-0.15, -0.1) is 0 Å². The molecule has 0 aliphatic heterocycles. The maximum absolute atomic E-state index is 6.42. The van der Waals surface area contributed by atoms with Crippen LogP contribution in [0.3, 0.4) is 0 Å². The standard InChI is InChI=1S/C14H19NO2/c1-16-11-7-10(8-12(9-11)17-2)13(3-4-13)14(15)5-6-14/h7-9H,3-6,15H2,1-2H3. The van der Waals surface area contributed by atoms with Gasteiger partial charge in [-0.25, -0.2) is 0 Å². The summed E-state index contributed by atoms with van der Waals surface area (Å²) in [7, 11) is 3.38. The fourth-order valence-corrected chi connectivity index (χ4v) is 2.90. The lowest BCUT2D eigenvalue weighted by Gasteiger charge is -2.24. The zero-order valence-corrected chi connectivity index (χ0v) is 10.5. The minimum Gasteiger partial charge on any atom is -0.497 e. The van der Waals surface area contributed by atoms with Gasteiger partial charge in [0, 0.05) is 17.0 Å². The van der Waals surface area contributed by atoms with Crippen LogP contribution in [0.4, 0.5) is 0 Å². The summed E-state index contributed by atoms with van der Waals surface area (Å²) in [5, 5.41) is 0. The van der Waals surface area contributed by atoms with Crippen LogP contribution in [-0.2, 0) is 5.41 Å². The summed E-state index contributed by atoms with van der Waals surface area (Å²) in [6.45, 7) is 0. The van der Waals surface area contributed by atoms with Crippen molar-refractivity contribution in [2.45, 2.75) is 36.6 Å². The Balaban J connectivity index is 2.02. The highest BCUT2D eigenvalue weighted by atomic mass is 16.5. The molecule has 0 amide bonds. The molecule has 17 heavy (non-hydrogen) atoms. The summed E-state index contributed by atoms with van der Waals surface area (Å²) in [4.78, 5) is 0. The van der Waals surface area contributed by atoms with E-state index in [0.29, 0.717) is 0 Å². The van der Waals surface area contributed by atoms with E-state index in [2.05, 4.69) is 12.1 Å². The van der Waals surface area contributed by atoms with Gasteiger partial charge in [-0.2, -0.15) is 0 Å². The van der Waals surface area contributed by atoms with Crippen molar-refractivity contribution in [2.24, 2.45) is 5.73 Å². The highest BCUT2D eigenvalue weighted by Crippen LogP contribution is 2.64. The molecule has 1 aromatic rings. The van der Waals surface area contributed by atoms with Crippen LogP contribution in [0.25, 0.3) is 0 Å². The van der Waals surface area contributed by atoms with Gasteiger partial charge in [0.2, 0.25) is 0 Å². The Morgan fingerprint density at radius 1 is 0.941 bits per heavy atom. The van der Waals surface area contributed by atoms with E-state index >= 15 is 0 Å². The SMILES string of the molecule is COc1cc(OC)cc(C2(C3(N)CC3)CC2)c1. The molecule has 2 aliphatic rings. The van der Waals surface area contributed by atoms with Crippen LogP contribution in [0.15, 0.2) is 18.2 Å². The van der Waals surface area contributed by atoms with Crippen LogP contribution in [0.5, 0.6) is 11.5 Å². The molecule has 2 fully saturated rings. The number of methoxy groups -OCH3 is 2. The van der Waals surface area contributed by atoms with Gasteiger partial charge in [0.25, 0.3) is 0 Å². The van der Waals surface area contributed by atoms with Crippen molar-refractivity contribution in [3.05, 3.63) is 23.8 Å². The Morgan fingerprint density at radius 2 is 1.47 bits per heavy atom. The van der Waals surface area contributed by atoms with E-state index in [-0.39, 0.29) is 11.0 Å². The van der Waals surface area contributed by atoms with E-state index in [1.54, 1.807) is 14.2 Å². The summed E-state index contributed by atoms with van der Waals surface area (Å²) < 4.78 is 10.7. The number of nitrogens with two attached hydrogens (primary N) is 1. The fraction of sp³-hybridized carbons (Fsp3) is 0.571. The maximum Gasteiger partial charge on any atom is 0.122 e. The normalized spacial score (nSPS) is 23.0. The summed E-state index contributed by atoms with van der Waals surface area (Å²) in [6, 6.07) is 6.14. The Bertz CT molecular complexity index is 425. The maximum atomic E-state index is 6.42. The van der Waals surface area contributed by atoms with Crippen LogP contribution in [-0.4, -0.2) is 19.8 Å². The van der Waals surface area contributed by atoms with Crippen LogP contribution < -0.4 is 15.2 Å². The first kappa shape index (κ1) is 10.9. The Kier molecular flexibility index (Phi) is 2.17. The lowest BCUT2D eigenvalue weighted by Crippen LogP contribution is -2.37. The summed E-state index contributed by atoms with van der Waals surface area (Å²) in [5.74, 6) is 1.71. The van der Waals surface area contributed by atoms with Crippen molar-refractivity contribution >= 4 is 0 Å². The first-order chi connectivity index (χ1) is 8.13. The van der Waals surface area contributed by atoms with Crippen molar-refractivity contribution in [1.82, 2.24) is 0 Å². The van der Waals surface area contributed by atoms with Crippen molar-refractivity contribution in [1.29, 1.82) is 0 Å². The summed E-state index contributed by atoms with van der Waals surface area (Å²) in [5.41, 5.74) is 7.93. The largest absolute Gasteiger partial charge is 0.497 e. The molecule has 3 heteroatoms. The molecule has 92 valence electrons. The molecule has 0 spiro atoms. The highest BCUT2D eigenvalue weighted by molar-refractivity contribution is 5.48. The number of ether oxygens (including phenoxy) is 2. The molecule has 0 bridgehead atoms. The summed E-state index contributed by atoms with van der Waals surface area (Å²) in [6.07, 6.45) is 4.68. The number of rotatable bonds is 4. The van der Waals surface area contributed by atoms with Crippen molar-refractivity contribution in [2.75, 3.05) is 14.2 Å². The van der Waals surface area contributed by atoms with Crippen molar-refractivity contribution < 1.29 is 9.47 Å². The smallest absolute Gasteiger partial charge is 0.122 e. The predicted molar refractivity (Wildman–Crippen MR) is 66.6 cm³/mol. The van der Waals surface area contributed by atoms with Crippen molar-refractivity contribution in [3.63, 3.8) is 0 Å². The highest BCUT2D eigenvalue weighted by Gasteiger charge is 2.64. The topological polar surface area (TPSA) is 44.5 Å². The molecule has 1 aromatic carbocycles. The van der Waals surface area contributed by atoms with Gasteiger partial charge in [-0.3, -0.25) is 0 Å². The molecule has 0 atom stereocenters. The van der Waals surface area contributed by atoms with Crippen LogP contribution in [0.2, 0.25) is 0 Å². The van der Waals surface area contributed by atoms with Crippen LogP contribution in [0, 0.1) is 0 Å². The van der Waals surface area contributed by atoms with Gasteiger partial charge in [0.15, 0.2) is 0 Å². The third-order valence-electron chi connectivity index (χ3n) is 4.40. The minimum atomic E-state index is 0.0321. The van der Waals surface area contributed by atoms with Gasteiger partial charge >= 0.3 is 0 Å². The molecule has 0 radical (unpaired) electrons. The molecule has 3 nitrogen and oxygen atoms in total. The second-order valence-electron chi connectivity index (χ2n) is 5.34. The van der Waals surface area contributed by atoms with Gasteiger partial charge in [0.05, 0.1) is 14.2 Å². The average Bonchev–Trinajstić information content (AvgIpc) is 3.23. The molecular formula is C14H19NO2. The zero-order chi connectivity index (χ0) is 12.1. The lowest BCUT2D eigenvalue weighted by atomic mass is 9.86. The molecule has 0 heterocycles. The van der Waals surface area contributed by atoms with Gasteiger partial charge in [-0.05, 0) is 43.4 Å². The first-order valence-electron chi connectivity index (χ1n) is 6.16. The Hall–Kier alpha value is -1.22. The van der Waals surface area contributed by atoms with E-state index in [4.69, 9.17) is 15.2 Å². The summed E-state index contributed by atoms with van der Waals surface area (Å²) >= 11 is 0. The predicted octanol–water partition coefficient (Wildman–Crippen LogP) is 2.23.